The molecule has 0 spiro atoms. The molecule has 1 aromatic carbocycles. The van der Waals surface area contributed by atoms with Crippen LogP contribution in [0.25, 0.3) is 0 Å². The molecule has 2 aromatic rings. The van der Waals surface area contributed by atoms with E-state index in [0.717, 1.165) is 0 Å². The minimum Gasteiger partial charge on any atom is -0.465 e. The van der Waals surface area contributed by atoms with E-state index in [2.05, 4.69) is 10.3 Å². The summed E-state index contributed by atoms with van der Waals surface area (Å²) in [6, 6.07) is 4.63. The normalized spacial score (nSPS) is 11.5. The Morgan fingerprint density at radius 3 is 2.26 bits per heavy atom. The summed E-state index contributed by atoms with van der Waals surface area (Å²) >= 11 is 0. The number of rotatable bonds is 8. The van der Waals surface area contributed by atoms with Gasteiger partial charge in [-0.05, 0) is 37.6 Å². The van der Waals surface area contributed by atoms with Crippen molar-refractivity contribution in [2.45, 2.75) is 32.6 Å². The van der Waals surface area contributed by atoms with Crippen molar-refractivity contribution in [1.29, 1.82) is 0 Å². The molecule has 170 valence electrons. The van der Waals surface area contributed by atoms with E-state index in [1.807, 2.05) is 0 Å². The van der Waals surface area contributed by atoms with Crippen LogP contribution in [0.3, 0.4) is 0 Å². The minimum absolute atomic E-state index is 0.0896. The Hall–Kier alpha value is -2.85. The molecule has 0 bridgehead atoms. The Kier molecular flexibility index (Phi) is 7.50. The second-order valence-corrected chi connectivity index (χ2v) is 9.17. The molecule has 10 heteroatoms. The first-order chi connectivity index (χ1) is 14.5. The number of ether oxygens (including phenoxy) is 1. The lowest BCUT2D eigenvalue weighted by Crippen LogP contribution is -2.30. The molecule has 0 unspecified atom stereocenters. The average Bonchev–Trinajstić information content (AvgIpc) is 3.02. The number of aryl methyl sites for hydroxylation is 1. The predicted octanol–water partition coefficient (Wildman–Crippen LogP) is 2.77. The highest BCUT2D eigenvalue weighted by molar-refractivity contribution is 7.89. The molecule has 0 radical (unpaired) electrons. The molecule has 2 N–H and O–H groups in total. The third-order valence-corrected chi connectivity index (χ3v) is 7.14. The molecule has 0 saturated heterocycles. The van der Waals surface area contributed by atoms with E-state index in [1.54, 1.807) is 52.8 Å². The Balaban J connectivity index is 2.51. The molecular formula is C21H30N4O5S. The second-order valence-electron chi connectivity index (χ2n) is 7.23. The number of H-pyrrole nitrogens is 1. The monoisotopic (exact) mass is 450 g/mol. The van der Waals surface area contributed by atoms with E-state index in [9.17, 15) is 18.0 Å². The first kappa shape index (κ1) is 24.4. The van der Waals surface area contributed by atoms with E-state index >= 15 is 0 Å². The van der Waals surface area contributed by atoms with Gasteiger partial charge < -0.3 is 19.9 Å². The molecule has 31 heavy (non-hydrogen) atoms. The van der Waals surface area contributed by atoms with Gasteiger partial charge in [0.1, 0.15) is 5.69 Å². The second kappa shape index (κ2) is 9.52. The number of nitrogens with one attached hydrogen (secondary N) is 2. The fourth-order valence-corrected chi connectivity index (χ4v) is 4.93. The van der Waals surface area contributed by atoms with Gasteiger partial charge in [-0.1, -0.05) is 13.8 Å². The maximum Gasteiger partial charge on any atom is 0.339 e. The van der Waals surface area contributed by atoms with Crippen LogP contribution in [0, 0.1) is 13.8 Å². The van der Waals surface area contributed by atoms with E-state index < -0.39 is 21.9 Å². The number of sulfonamides is 1. The number of aromatic nitrogens is 1. The van der Waals surface area contributed by atoms with Gasteiger partial charge in [0.2, 0.25) is 10.0 Å². The van der Waals surface area contributed by atoms with E-state index in [0.29, 0.717) is 41.3 Å². The molecular weight excluding hydrogens is 420 g/mol. The van der Waals surface area contributed by atoms with Gasteiger partial charge >= 0.3 is 5.97 Å². The highest BCUT2D eigenvalue weighted by Gasteiger charge is 2.25. The van der Waals surface area contributed by atoms with Crippen molar-refractivity contribution in [2.75, 3.05) is 44.5 Å². The summed E-state index contributed by atoms with van der Waals surface area (Å²) in [7, 11) is 1.17. The van der Waals surface area contributed by atoms with Gasteiger partial charge in [-0.15, -0.1) is 0 Å². The molecule has 9 nitrogen and oxygen atoms in total. The van der Waals surface area contributed by atoms with Crippen LogP contribution in [0.1, 0.15) is 46.0 Å². The average molecular weight is 451 g/mol. The number of anilines is 2. The summed E-state index contributed by atoms with van der Waals surface area (Å²) < 4.78 is 32.0. The molecule has 0 fully saturated rings. The predicted molar refractivity (Wildman–Crippen MR) is 120 cm³/mol. The lowest BCUT2D eigenvalue weighted by atomic mass is 10.1. The summed E-state index contributed by atoms with van der Waals surface area (Å²) in [6.45, 7) is 7.55. The lowest BCUT2D eigenvalue weighted by molar-refractivity contribution is 0.0599. The third-order valence-electron chi connectivity index (χ3n) is 5.10. The van der Waals surface area contributed by atoms with Gasteiger partial charge in [0, 0.05) is 32.9 Å². The fraction of sp³-hybridized carbons (Fsp3) is 0.429. The number of amides is 1. The zero-order valence-electron chi connectivity index (χ0n) is 19.0. The van der Waals surface area contributed by atoms with Gasteiger partial charge in [0.15, 0.2) is 0 Å². The number of benzene rings is 1. The Morgan fingerprint density at radius 2 is 1.74 bits per heavy atom. The van der Waals surface area contributed by atoms with Crippen LogP contribution >= 0.6 is 0 Å². The number of hydrogen-bond donors (Lipinski definition) is 2. The van der Waals surface area contributed by atoms with Gasteiger partial charge in [0.05, 0.1) is 28.9 Å². The zero-order chi connectivity index (χ0) is 23.5. The van der Waals surface area contributed by atoms with Crippen LogP contribution in [-0.4, -0.2) is 63.9 Å². The Labute approximate surface area is 183 Å². The topological polar surface area (TPSA) is 112 Å². The van der Waals surface area contributed by atoms with Crippen molar-refractivity contribution in [3.05, 3.63) is 40.7 Å². The van der Waals surface area contributed by atoms with Crippen LogP contribution in [0.5, 0.6) is 0 Å². The summed E-state index contributed by atoms with van der Waals surface area (Å²) in [5.41, 5.74) is 2.47. The first-order valence-electron chi connectivity index (χ1n) is 9.89. The molecule has 2 rings (SSSR count). The van der Waals surface area contributed by atoms with Crippen molar-refractivity contribution in [3.8, 4) is 0 Å². The lowest BCUT2D eigenvalue weighted by Gasteiger charge is -2.22. The molecule has 1 heterocycles. The third kappa shape index (κ3) is 4.75. The first-order valence-corrected chi connectivity index (χ1v) is 11.3. The van der Waals surface area contributed by atoms with E-state index in [1.165, 1.54) is 23.5 Å². The smallest absolute Gasteiger partial charge is 0.339 e. The Bertz CT molecular complexity index is 1090. The van der Waals surface area contributed by atoms with Crippen LogP contribution in [0.2, 0.25) is 0 Å². The SMILES string of the molecule is CCN(CC)S(=O)(=O)c1ccc(N(C)C)c(NC(=O)c2[nH]c(C)c(C(=O)OC)c2C)c1. The standard InChI is InChI=1S/C21H30N4O5S/c1-8-25(9-2)31(28,29)15-10-11-17(24(5)6)16(12-15)23-20(26)19-13(3)18(14(4)22-19)21(27)30-7/h10-12,22H,8-9H2,1-7H3,(H,23,26). The molecule has 0 saturated carbocycles. The molecule has 0 aliphatic heterocycles. The maximum atomic E-state index is 13.0. The van der Waals surface area contributed by atoms with Crippen LogP contribution in [-0.2, 0) is 14.8 Å². The van der Waals surface area contributed by atoms with Crippen LogP contribution in [0.15, 0.2) is 23.1 Å². The Morgan fingerprint density at radius 1 is 1.13 bits per heavy atom. The number of nitrogens with zero attached hydrogens (tertiary/aromatic N) is 2. The van der Waals surface area contributed by atoms with Crippen molar-refractivity contribution in [2.24, 2.45) is 0 Å². The number of esters is 1. The number of hydrogen-bond acceptors (Lipinski definition) is 6. The molecule has 1 aromatic heterocycles. The van der Waals surface area contributed by atoms with Crippen molar-refractivity contribution < 1.29 is 22.7 Å². The van der Waals surface area contributed by atoms with Gasteiger partial charge in [-0.3, -0.25) is 4.79 Å². The number of carbonyl (C=O) groups is 2. The number of carbonyl (C=O) groups excluding carboxylic acids is 2. The van der Waals surface area contributed by atoms with Crippen LogP contribution < -0.4 is 10.2 Å². The highest BCUT2D eigenvalue weighted by atomic mass is 32.2. The summed E-state index contributed by atoms with van der Waals surface area (Å²) in [5.74, 6) is -1.03. The molecule has 0 atom stereocenters. The largest absolute Gasteiger partial charge is 0.465 e. The van der Waals surface area contributed by atoms with Crippen molar-refractivity contribution >= 4 is 33.3 Å². The van der Waals surface area contributed by atoms with Crippen molar-refractivity contribution in [3.63, 3.8) is 0 Å². The summed E-state index contributed by atoms with van der Waals surface area (Å²) in [5, 5.41) is 2.79. The minimum atomic E-state index is -3.70. The quantitative estimate of drug-likeness (QED) is 0.598. The molecule has 0 aliphatic carbocycles. The van der Waals surface area contributed by atoms with E-state index in [-0.39, 0.29) is 10.6 Å². The van der Waals surface area contributed by atoms with Gasteiger partial charge in [-0.2, -0.15) is 4.31 Å². The summed E-state index contributed by atoms with van der Waals surface area (Å²) in [4.78, 5) is 29.8. The molecule has 1 amide bonds. The number of aromatic amines is 1. The fourth-order valence-electron chi connectivity index (χ4n) is 3.45. The van der Waals surface area contributed by atoms with Gasteiger partial charge in [-0.25, -0.2) is 13.2 Å². The van der Waals surface area contributed by atoms with E-state index in [4.69, 9.17) is 4.74 Å². The van der Waals surface area contributed by atoms with Crippen LogP contribution in [0.4, 0.5) is 11.4 Å². The number of methoxy groups -OCH3 is 1. The van der Waals surface area contributed by atoms with Crippen molar-refractivity contribution in [1.82, 2.24) is 9.29 Å². The van der Waals surface area contributed by atoms with Gasteiger partial charge in [0.25, 0.3) is 5.91 Å². The zero-order valence-corrected chi connectivity index (χ0v) is 19.8. The highest BCUT2D eigenvalue weighted by Crippen LogP contribution is 2.30. The molecule has 0 aliphatic rings. The summed E-state index contributed by atoms with van der Waals surface area (Å²) in [6.07, 6.45) is 0. The maximum absolute atomic E-state index is 13.0.